The van der Waals surface area contributed by atoms with Crippen LogP contribution in [0.25, 0.3) is 0 Å². The second-order valence-electron chi connectivity index (χ2n) is 5.28. The molecule has 0 atom stereocenters. The van der Waals surface area contributed by atoms with Crippen LogP contribution in [0, 0.1) is 13.8 Å². The summed E-state index contributed by atoms with van der Waals surface area (Å²) in [5.74, 6) is 0. The number of rotatable bonds is 7. The Morgan fingerprint density at radius 3 is 2.35 bits per heavy atom. The van der Waals surface area contributed by atoms with Crippen LogP contribution >= 0.6 is 0 Å². The second kappa shape index (κ2) is 7.17. The van der Waals surface area contributed by atoms with Gasteiger partial charge in [0.15, 0.2) is 0 Å². The van der Waals surface area contributed by atoms with Crippen molar-refractivity contribution in [3.05, 3.63) is 28.8 Å². The summed E-state index contributed by atoms with van der Waals surface area (Å²) in [6.07, 6.45) is 0. The maximum absolute atomic E-state index is 12.4. The number of hydrogen-bond donors (Lipinski definition) is 2. The highest BCUT2D eigenvalue weighted by Crippen LogP contribution is 2.20. The minimum absolute atomic E-state index is 0.368. The van der Waals surface area contributed by atoms with E-state index in [1.807, 2.05) is 46.0 Å². The molecule has 0 aliphatic heterocycles. The molecule has 0 amide bonds. The molecule has 0 fully saturated rings. The maximum atomic E-state index is 12.4. The number of nitrogens with zero attached hydrogens (tertiary/aromatic N) is 1. The first kappa shape index (κ1) is 17.1. The van der Waals surface area contributed by atoms with Gasteiger partial charge in [0.05, 0.1) is 4.90 Å². The van der Waals surface area contributed by atoms with Crippen molar-refractivity contribution in [1.29, 1.82) is 0 Å². The molecule has 6 heteroatoms. The quantitative estimate of drug-likeness (QED) is 0.784. The molecule has 5 nitrogen and oxygen atoms in total. The lowest BCUT2D eigenvalue weighted by Gasteiger charge is -2.15. The first-order valence-electron chi connectivity index (χ1n) is 6.67. The number of nitrogens with one attached hydrogen (secondary N) is 2. The van der Waals surface area contributed by atoms with Crippen LogP contribution in [0.15, 0.2) is 17.0 Å². The van der Waals surface area contributed by atoms with Crippen LogP contribution in [-0.4, -0.2) is 47.6 Å². The average Bonchev–Trinajstić information content (AvgIpc) is 2.31. The van der Waals surface area contributed by atoms with Gasteiger partial charge < -0.3 is 10.2 Å². The minimum atomic E-state index is -3.45. The van der Waals surface area contributed by atoms with Gasteiger partial charge in [-0.05, 0) is 57.7 Å². The maximum Gasteiger partial charge on any atom is 0.240 e. The molecule has 0 saturated carbocycles. The molecule has 0 aliphatic rings. The fourth-order valence-electron chi connectivity index (χ4n) is 2.03. The van der Waals surface area contributed by atoms with E-state index in [4.69, 9.17) is 0 Å². The highest BCUT2D eigenvalue weighted by atomic mass is 32.2. The lowest BCUT2D eigenvalue weighted by atomic mass is 10.1. The smallest absolute Gasteiger partial charge is 0.240 e. The van der Waals surface area contributed by atoms with Gasteiger partial charge in [-0.2, -0.15) is 0 Å². The molecule has 0 bridgehead atoms. The van der Waals surface area contributed by atoms with Crippen molar-refractivity contribution in [2.75, 3.05) is 34.2 Å². The molecule has 0 aliphatic carbocycles. The Hall–Kier alpha value is -0.950. The van der Waals surface area contributed by atoms with Gasteiger partial charge in [-0.15, -0.1) is 0 Å². The molecule has 114 valence electrons. The molecular weight excluding hydrogens is 274 g/mol. The lowest BCUT2D eigenvalue weighted by Crippen LogP contribution is -2.31. The molecule has 0 aromatic heterocycles. The molecule has 0 saturated heterocycles. The van der Waals surface area contributed by atoms with Gasteiger partial charge in [-0.1, -0.05) is 6.07 Å². The van der Waals surface area contributed by atoms with Crippen LogP contribution in [0.5, 0.6) is 0 Å². The zero-order chi connectivity index (χ0) is 15.3. The van der Waals surface area contributed by atoms with Crippen molar-refractivity contribution in [1.82, 2.24) is 14.9 Å². The third-order valence-electron chi connectivity index (χ3n) is 3.14. The van der Waals surface area contributed by atoms with Crippen molar-refractivity contribution in [3.8, 4) is 0 Å². The average molecular weight is 299 g/mol. The summed E-state index contributed by atoms with van der Waals surface area (Å²) >= 11 is 0. The number of hydrogen-bond acceptors (Lipinski definition) is 4. The van der Waals surface area contributed by atoms with E-state index in [2.05, 4.69) is 10.0 Å². The Kier molecular flexibility index (Phi) is 6.13. The summed E-state index contributed by atoms with van der Waals surface area (Å²) in [6, 6.07) is 3.69. The van der Waals surface area contributed by atoms with Gasteiger partial charge in [0.1, 0.15) is 0 Å². The highest BCUT2D eigenvalue weighted by Gasteiger charge is 2.18. The van der Waals surface area contributed by atoms with Crippen molar-refractivity contribution in [3.63, 3.8) is 0 Å². The zero-order valence-corrected chi connectivity index (χ0v) is 13.8. The SMILES string of the molecule is CNCc1cc(S(=O)(=O)NCCN(C)C)c(C)cc1C. The van der Waals surface area contributed by atoms with Gasteiger partial charge in [-0.3, -0.25) is 0 Å². The lowest BCUT2D eigenvalue weighted by molar-refractivity contribution is 0.412. The topological polar surface area (TPSA) is 61.4 Å². The van der Waals surface area contributed by atoms with Crippen LogP contribution in [0.2, 0.25) is 0 Å². The molecule has 0 radical (unpaired) electrons. The van der Waals surface area contributed by atoms with E-state index >= 15 is 0 Å². The first-order chi connectivity index (χ1) is 9.27. The molecule has 1 aromatic rings. The molecule has 1 aromatic carbocycles. The summed E-state index contributed by atoms with van der Waals surface area (Å²) in [5.41, 5.74) is 2.88. The molecule has 0 heterocycles. The standard InChI is InChI=1S/C14H25N3O2S/c1-11-8-12(2)14(9-13(11)10-15-3)20(18,19)16-6-7-17(4)5/h8-9,15-16H,6-7,10H2,1-5H3. The Morgan fingerprint density at radius 2 is 1.80 bits per heavy atom. The van der Waals surface area contributed by atoms with Crippen LogP contribution in [-0.2, 0) is 16.6 Å². The summed E-state index contributed by atoms with van der Waals surface area (Å²) in [5, 5.41) is 3.06. The van der Waals surface area contributed by atoms with Crippen molar-refractivity contribution < 1.29 is 8.42 Å². The fraction of sp³-hybridized carbons (Fsp3) is 0.571. The van der Waals surface area contributed by atoms with Crippen molar-refractivity contribution in [2.24, 2.45) is 0 Å². The monoisotopic (exact) mass is 299 g/mol. The van der Waals surface area contributed by atoms with E-state index in [1.165, 1.54) is 0 Å². The Balaban J connectivity index is 3.02. The van der Waals surface area contributed by atoms with E-state index in [0.717, 1.165) is 16.7 Å². The molecule has 1 rings (SSSR count). The second-order valence-corrected chi connectivity index (χ2v) is 7.01. The predicted molar refractivity (Wildman–Crippen MR) is 82.4 cm³/mol. The van der Waals surface area contributed by atoms with Gasteiger partial charge >= 0.3 is 0 Å². The van der Waals surface area contributed by atoms with Gasteiger partial charge in [0, 0.05) is 19.6 Å². The van der Waals surface area contributed by atoms with E-state index in [1.54, 1.807) is 6.07 Å². The number of aryl methyl sites for hydroxylation is 2. The highest BCUT2D eigenvalue weighted by molar-refractivity contribution is 7.89. The van der Waals surface area contributed by atoms with Crippen molar-refractivity contribution >= 4 is 10.0 Å². The summed E-state index contributed by atoms with van der Waals surface area (Å²) < 4.78 is 27.4. The largest absolute Gasteiger partial charge is 0.316 e. The van der Waals surface area contributed by atoms with Crippen LogP contribution in [0.3, 0.4) is 0 Å². The number of sulfonamides is 1. The fourth-order valence-corrected chi connectivity index (χ4v) is 3.32. The molecule has 2 N–H and O–H groups in total. The number of benzene rings is 1. The van der Waals surface area contributed by atoms with Gasteiger partial charge in [0.2, 0.25) is 10.0 Å². The molecule has 0 spiro atoms. The Bertz CT molecular complexity index is 554. The van der Waals surface area contributed by atoms with E-state index in [9.17, 15) is 8.42 Å². The normalized spacial score (nSPS) is 12.1. The third kappa shape index (κ3) is 4.56. The van der Waals surface area contributed by atoms with Gasteiger partial charge in [0.25, 0.3) is 0 Å². The number of likely N-dealkylation sites (N-methyl/N-ethyl adjacent to an activating group) is 1. The van der Waals surface area contributed by atoms with Crippen LogP contribution in [0.1, 0.15) is 16.7 Å². The van der Waals surface area contributed by atoms with E-state index < -0.39 is 10.0 Å². The molecule has 0 unspecified atom stereocenters. The zero-order valence-electron chi connectivity index (χ0n) is 12.9. The van der Waals surface area contributed by atoms with Crippen molar-refractivity contribution in [2.45, 2.75) is 25.3 Å². The summed E-state index contributed by atoms with van der Waals surface area (Å²) in [7, 11) is 2.23. The third-order valence-corrected chi connectivity index (χ3v) is 4.74. The van der Waals surface area contributed by atoms with E-state index in [0.29, 0.717) is 24.5 Å². The predicted octanol–water partition coefficient (Wildman–Crippen LogP) is 0.863. The van der Waals surface area contributed by atoms with Gasteiger partial charge in [-0.25, -0.2) is 13.1 Å². The van der Waals surface area contributed by atoms with Crippen LogP contribution < -0.4 is 10.0 Å². The van der Waals surface area contributed by atoms with E-state index in [-0.39, 0.29) is 0 Å². The van der Waals surface area contributed by atoms with Crippen LogP contribution in [0.4, 0.5) is 0 Å². The minimum Gasteiger partial charge on any atom is -0.316 e. The molecular formula is C14H25N3O2S. The summed E-state index contributed by atoms with van der Waals surface area (Å²) in [6.45, 7) is 5.57. The molecule has 20 heavy (non-hydrogen) atoms. The first-order valence-corrected chi connectivity index (χ1v) is 8.15. The summed E-state index contributed by atoms with van der Waals surface area (Å²) in [4.78, 5) is 2.31. The Morgan fingerprint density at radius 1 is 1.15 bits per heavy atom. The Labute approximate surface area is 122 Å².